The molecule has 1 aromatic rings. The predicted molar refractivity (Wildman–Crippen MR) is 270 cm³/mol. The first-order valence-electron chi connectivity index (χ1n) is 24.9. The molecule has 1 fully saturated rings. The van der Waals surface area contributed by atoms with Crippen molar-refractivity contribution >= 4 is 33.4 Å². The van der Waals surface area contributed by atoms with E-state index in [0.29, 0.717) is 19.3 Å². The maximum atomic E-state index is 12.8. The van der Waals surface area contributed by atoms with Gasteiger partial charge in [0.2, 0.25) is 0 Å². The molecule has 7 atom stereocenters. The van der Waals surface area contributed by atoms with Crippen LogP contribution in [0.1, 0.15) is 161 Å². The number of aromatic nitrogens is 2. The van der Waals surface area contributed by atoms with Crippen LogP contribution in [-0.4, -0.2) is 85.7 Å². The average Bonchev–Trinajstić information content (AvgIpc) is 3.59. The van der Waals surface area contributed by atoms with Crippen LogP contribution < -0.4 is 11.4 Å². The van der Waals surface area contributed by atoms with Crippen molar-refractivity contribution < 1.29 is 66.3 Å². The number of rotatable bonds is 40. The second-order valence-corrected chi connectivity index (χ2v) is 20.0. The van der Waals surface area contributed by atoms with Crippen molar-refractivity contribution in [2.24, 2.45) is 0 Å². The Kier molecular flexibility index (Phi) is 33.7. The van der Waals surface area contributed by atoms with E-state index in [4.69, 9.17) is 29.0 Å². The maximum absolute atomic E-state index is 12.8. The summed E-state index contributed by atoms with van der Waals surface area (Å²) in [4.78, 5) is 61.8. The summed E-state index contributed by atoms with van der Waals surface area (Å²) in [5.74, 6) is -1.39. The van der Waals surface area contributed by atoms with E-state index in [2.05, 4.69) is 83.9 Å². The Balaban J connectivity index is 1.84. The van der Waals surface area contributed by atoms with Crippen molar-refractivity contribution in [2.75, 3.05) is 25.6 Å². The lowest BCUT2D eigenvalue weighted by atomic mass is 10.1. The van der Waals surface area contributed by atoms with Gasteiger partial charge in [-0.25, -0.2) is 13.9 Å². The molecular formula is C50H81N3O15P2. The van der Waals surface area contributed by atoms with E-state index < -0.39 is 83.7 Å². The van der Waals surface area contributed by atoms with Crippen molar-refractivity contribution in [1.82, 2.24) is 9.55 Å². The monoisotopic (exact) mass is 1030 g/mol. The van der Waals surface area contributed by atoms with Crippen LogP contribution in [-0.2, 0) is 46.3 Å². The highest BCUT2D eigenvalue weighted by Crippen LogP contribution is 2.60. The molecule has 18 nitrogen and oxygen atoms in total. The standard InChI is InChI=1S/C50H81N3O15P2/c1-3-5-7-9-11-13-15-17-19-20-22-23-25-27-29-31-33-35-45(54)63-39-42(66-46(55)36-34-32-30-28-26-24-21-18-16-14-12-10-8-6-4-2)40-64-69(59,60)68-70(61,62)65-41-43-47(56)48(57)49(67-43)53-38-37-44(51)52-50(53)58/h11-14,17-19,21-23,27,29,37-38,42-43,47-49,56-57H,3-10,15-16,20,24-26,28,30-36,39-41H2,1-2H3,(H,59,60)(H,61,62)(H2,51,52,58)/b13-11-,14-12-,19-17-,21-18-,23-22-,29-27-/t42-,43-,47+,48?,49-/m1/s1. The van der Waals surface area contributed by atoms with Crippen LogP contribution in [0.4, 0.5) is 5.82 Å². The van der Waals surface area contributed by atoms with Crippen LogP contribution in [0.25, 0.3) is 0 Å². The van der Waals surface area contributed by atoms with Crippen LogP contribution in [0.2, 0.25) is 0 Å². The van der Waals surface area contributed by atoms with Gasteiger partial charge in [-0.1, -0.05) is 132 Å². The lowest BCUT2D eigenvalue weighted by Crippen LogP contribution is -2.36. The van der Waals surface area contributed by atoms with Crippen LogP contribution in [0, 0.1) is 0 Å². The van der Waals surface area contributed by atoms with Crippen molar-refractivity contribution in [3.05, 3.63) is 95.7 Å². The van der Waals surface area contributed by atoms with E-state index >= 15 is 0 Å². The fourth-order valence-corrected chi connectivity index (χ4v) is 8.97. The molecule has 1 aliphatic heterocycles. The summed E-state index contributed by atoms with van der Waals surface area (Å²) in [7, 11) is -10.9. The predicted octanol–water partition coefficient (Wildman–Crippen LogP) is 10.1. The Labute approximate surface area is 415 Å². The number of ether oxygens (including phenoxy) is 3. The van der Waals surface area contributed by atoms with Crippen LogP contribution >= 0.6 is 15.6 Å². The number of unbranched alkanes of at least 4 members (excludes halogenated alkanes) is 12. The number of anilines is 1. The van der Waals surface area contributed by atoms with Gasteiger partial charge in [0.15, 0.2) is 12.3 Å². The van der Waals surface area contributed by atoms with Gasteiger partial charge in [0.1, 0.15) is 30.7 Å². The first kappa shape index (κ1) is 62.3. The molecule has 3 unspecified atom stereocenters. The molecule has 0 aliphatic carbocycles. The van der Waals surface area contributed by atoms with Gasteiger partial charge in [-0.05, 0) is 89.5 Å². The summed E-state index contributed by atoms with van der Waals surface area (Å²) in [5.41, 5.74) is 4.58. The van der Waals surface area contributed by atoms with Gasteiger partial charge in [0, 0.05) is 19.0 Å². The summed E-state index contributed by atoms with van der Waals surface area (Å²) >= 11 is 0. The fraction of sp³-hybridized carbons (Fsp3) is 0.640. The van der Waals surface area contributed by atoms with Crippen molar-refractivity contribution in [1.29, 1.82) is 0 Å². The summed E-state index contributed by atoms with van der Waals surface area (Å²) in [6.07, 6.45) is 38.5. The van der Waals surface area contributed by atoms with Gasteiger partial charge >= 0.3 is 33.3 Å². The SMILES string of the molecule is CCCCC/C=C\C/C=C\C/C=C\C/C=C\CCCC(=O)OC[C@H](COP(=O)(O)OP(=O)(O)OC[C@H]1O[C@@H](n2ccc(N)nc2=O)C(O)[C@H]1O)OC(=O)CCCCCCC/C=C\C/C=C\CCCCC. The third kappa shape index (κ3) is 30.2. The molecule has 0 saturated carbocycles. The molecule has 20 heteroatoms. The van der Waals surface area contributed by atoms with Gasteiger partial charge in [-0.2, -0.15) is 9.29 Å². The number of nitrogens with two attached hydrogens (primary N) is 1. The largest absolute Gasteiger partial charge is 0.481 e. The van der Waals surface area contributed by atoms with E-state index in [9.17, 15) is 43.5 Å². The molecule has 6 N–H and O–H groups in total. The summed E-state index contributed by atoms with van der Waals surface area (Å²) in [5, 5.41) is 20.9. The van der Waals surface area contributed by atoms with E-state index in [1.54, 1.807) is 0 Å². The number of phosphoric ester groups is 2. The molecule has 0 radical (unpaired) electrons. The molecule has 0 amide bonds. The molecule has 2 rings (SSSR count). The zero-order valence-electron chi connectivity index (χ0n) is 41.3. The van der Waals surface area contributed by atoms with Gasteiger partial charge in [0.05, 0.1) is 13.2 Å². The summed E-state index contributed by atoms with van der Waals surface area (Å²) < 4.78 is 56.7. The van der Waals surface area contributed by atoms with Gasteiger partial charge in [0.25, 0.3) is 0 Å². The van der Waals surface area contributed by atoms with Crippen LogP contribution in [0.5, 0.6) is 0 Å². The molecule has 2 heterocycles. The molecule has 1 aliphatic rings. The third-order valence-corrected chi connectivity index (χ3v) is 13.4. The number of allylic oxidation sites excluding steroid dienone is 12. The van der Waals surface area contributed by atoms with Gasteiger partial charge < -0.3 is 39.9 Å². The minimum atomic E-state index is -5.44. The molecular weight excluding hydrogens is 945 g/mol. The lowest BCUT2D eigenvalue weighted by Gasteiger charge is -2.21. The van der Waals surface area contributed by atoms with Crippen LogP contribution in [0.3, 0.4) is 0 Å². The first-order valence-corrected chi connectivity index (χ1v) is 27.9. The van der Waals surface area contributed by atoms with Crippen molar-refractivity contribution in [3.8, 4) is 0 Å². The Bertz CT molecular complexity index is 1950. The highest BCUT2D eigenvalue weighted by Gasteiger charge is 2.46. The number of hydrogen-bond acceptors (Lipinski definition) is 15. The van der Waals surface area contributed by atoms with E-state index in [1.165, 1.54) is 44.6 Å². The maximum Gasteiger partial charge on any atom is 0.481 e. The number of esters is 2. The number of aliphatic hydroxyl groups excluding tert-OH is 2. The topological polar surface area (TPSA) is 265 Å². The molecule has 0 bridgehead atoms. The summed E-state index contributed by atoms with van der Waals surface area (Å²) in [6.45, 7) is 2.02. The molecule has 396 valence electrons. The Morgan fingerprint density at radius 2 is 1.17 bits per heavy atom. The normalized spacial score (nSPS) is 19.9. The average molecular weight is 1030 g/mol. The number of carbonyl (C=O) groups excluding carboxylic acids is 2. The van der Waals surface area contributed by atoms with E-state index in [1.807, 2.05) is 12.2 Å². The summed E-state index contributed by atoms with van der Waals surface area (Å²) in [6, 6.07) is 1.24. The zero-order chi connectivity index (χ0) is 51.3. The van der Waals surface area contributed by atoms with E-state index in [-0.39, 0.29) is 18.7 Å². The lowest BCUT2D eigenvalue weighted by molar-refractivity contribution is -0.161. The number of hydrogen-bond donors (Lipinski definition) is 5. The van der Waals surface area contributed by atoms with Crippen LogP contribution in [0.15, 0.2) is 90.0 Å². The van der Waals surface area contributed by atoms with E-state index in [0.717, 1.165) is 81.4 Å². The zero-order valence-corrected chi connectivity index (χ0v) is 43.1. The quantitative estimate of drug-likeness (QED) is 0.0177. The van der Waals surface area contributed by atoms with Crippen molar-refractivity contribution in [3.63, 3.8) is 0 Å². The minimum Gasteiger partial charge on any atom is -0.462 e. The van der Waals surface area contributed by atoms with Gasteiger partial charge in [-0.3, -0.25) is 23.2 Å². The highest BCUT2D eigenvalue weighted by molar-refractivity contribution is 7.61. The Morgan fingerprint density at radius 1 is 0.686 bits per heavy atom. The Hall–Kier alpha value is -3.80. The Morgan fingerprint density at radius 3 is 1.73 bits per heavy atom. The number of phosphoric acid groups is 2. The number of nitrogen functional groups attached to an aromatic ring is 1. The van der Waals surface area contributed by atoms with Crippen molar-refractivity contribution in [2.45, 2.75) is 186 Å². The number of carbonyl (C=O) groups is 2. The second kappa shape index (κ2) is 37.9. The second-order valence-electron chi connectivity index (χ2n) is 17.0. The molecule has 0 aromatic carbocycles. The van der Waals surface area contributed by atoms with Gasteiger partial charge in [-0.15, -0.1) is 0 Å². The first-order chi connectivity index (χ1) is 33.7. The third-order valence-electron chi connectivity index (χ3n) is 10.8. The molecule has 1 aromatic heterocycles. The molecule has 70 heavy (non-hydrogen) atoms. The molecule has 0 spiro atoms. The molecule has 1 saturated heterocycles. The highest BCUT2D eigenvalue weighted by atomic mass is 31.3. The number of nitrogens with zero attached hydrogens (tertiary/aromatic N) is 2. The smallest absolute Gasteiger partial charge is 0.462 e. The number of aliphatic hydroxyl groups is 2. The fourth-order valence-electron chi connectivity index (χ4n) is 6.86. The minimum absolute atomic E-state index is 0.0190.